The van der Waals surface area contributed by atoms with Gasteiger partial charge in [-0.3, -0.25) is 14.5 Å². The summed E-state index contributed by atoms with van der Waals surface area (Å²) in [6.07, 6.45) is 5.64. The van der Waals surface area contributed by atoms with Crippen LogP contribution in [0.3, 0.4) is 0 Å². The van der Waals surface area contributed by atoms with E-state index in [0.717, 1.165) is 11.3 Å². The summed E-state index contributed by atoms with van der Waals surface area (Å²) in [7, 11) is 0. The van der Waals surface area contributed by atoms with E-state index in [9.17, 15) is 9.59 Å². The number of amides is 2. The molecule has 3 fully saturated rings. The summed E-state index contributed by atoms with van der Waals surface area (Å²) < 4.78 is 0. The van der Waals surface area contributed by atoms with Crippen LogP contribution in [0.4, 0.5) is 5.69 Å². The van der Waals surface area contributed by atoms with E-state index in [0.29, 0.717) is 23.7 Å². The molecule has 2 saturated carbocycles. The third-order valence-electron chi connectivity index (χ3n) is 6.41. The van der Waals surface area contributed by atoms with Gasteiger partial charge in [-0.15, -0.1) is 0 Å². The van der Waals surface area contributed by atoms with Crippen LogP contribution >= 0.6 is 0 Å². The standard InChI is InChI=1S/C19H19NO2/c1-9-3-4-11(7-10(9)2)20-18(21)16-12-5-6-13(15-8-14(12)15)17(16)19(20)22/h3-7,12-17H,8H2,1-2H3/t12-,13-,14-,15-,16-,17+/m1/s1. The van der Waals surface area contributed by atoms with Gasteiger partial charge in [0, 0.05) is 0 Å². The van der Waals surface area contributed by atoms with Crippen LogP contribution in [-0.2, 0) is 9.59 Å². The molecular weight excluding hydrogens is 274 g/mol. The molecule has 0 aromatic heterocycles. The van der Waals surface area contributed by atoms with Gasteiger partial charge in [0.15, 0.2) is 0 Å². The Morgan fingerprint density at radius 3 is 2.05 bits per heavy atom. The maximum atomic E-state index is 13.0. The van der Waals surface area contributed by atoms with Crippen LogP contribution in [0.25, 0.3) is 0 Å². The van der Waals surface area contributed by atoms with Crippen LogP contribution in [0.1, 0.15) is 17.5 Å². The van der Waals surface area contributed by atoms with Crippen molar-refractivity contribution in [1.82, 2.24) is 0 Å². The van der Waals surface area contributed by atoms with E-state index in [-0.39, 0.29) is 23.7 Å². The van der Waals surface area contributed by atoms with Crippen LogP contribution in [-0.4, -0.2) is 11.8 Å². The molecule has 0 N–H and O–H groups in total. The molecule has 1 aromatic carbocycles. The molecule has 2 amide bonds. The number of carbonyl (C=O) groups is 2. The molecule has 2 bridgehead atoms. The Balaban J connectivity index is 1.58. The summed E-state index contributed by atoms with van der Waals surface area (Å²) in [5.74, 6) is 1.77. The lowest BCUT2D eigenvalue weighted by atomic mass is 9.63. The number of rotatable bonds is 1. The van der Waals surface area contributed by atoms with E-state index in [4.69, 9.17) is 0 Å². The number of nitrogens with zero attached hydrogens (tertiary/aromatic N) is 1. The predicted molar refractivity (Wildman–Crippen MR) is 83.1 cm³/mol. The summed E-state index contributed by atoms with van der Waals surface area (Å²) in [5.41, 5.74) is 3.06. The number of aryl methyl sites for hydroxylation is 2. The number of carbonyl (C=O) groups excluding carboxylic acids is 2. The van der Waals surface area contributed by atoms with Crippen molar-refractivity contribution in [1.29, 1.82) is 0 Å². The van der Waals surface area contributed by atoms with Gasteiger partial charge in [0.1, 0.15) is 0 Å². The molecule has 3 nitrogen and oxygen atoms in total. The van der Waals surface area contributed by atoms with E-state index < -0.39 is 0 Å². The lowest BCUT2D eigenvalue weighted by molar-refractivity contribution is -0.124. The van der Waals surface area contributed by atoms with Crippen molar-refractivity contribution < 1.29 is 9.59 Å². The smallest absolute Gasteiger partial charge is 0.238 e. The fourth-order valence-corrected chi connectivity index (χ4v) is 5.08. The third-order valence-corrected chi connectivity index (χ3v) is 6.41. The van der Waals surface area contributed by atoms with E-state index >= 15 is 0 Å². The Morgan fingerprint density at radius 1 is 0.909 bits per heavy atom. The molecule has 5 aliphatic rings. The van der Waals surface area contributed by atoms with E-state index in [1.54, 1.807) is 0 Å². The summed E-state index contributed by atoms with van der Waals surface area (Å²) in [5, 5.41) is 0. The summed E-state index contributed by atoms with van der Waals surface area (Å²) in [4.78, 5) is 27.4. The zero-order valence-corrected chi connectivity index (χ0v) is 12.8. The fraction of sp³-hybridized carbons (Fsp3) is 0.474. The number of imide groups is 1. The van der Waals surface area contributed by atoms with E-state index in [1.165, 1.54) is 16.9 Å². The van der Waals surface area contributed by atoms with Gasteiger partial charge < -0.3 is 0 Å². The molecule has 6 rings (SSSR count). The topological polar surface area (TPSA) is 37.4 Å². The van der Waals surface area contributed by atoms with Crippen molar-refractivity contribution in [3.05, 3.63) is 41.5 Å². The summed E-state index contributed by atoms with van der Waals surface area (Å²) >= 11 is 0. The molecule has 0 unspecified atom stereocenters. The molecule has 1 saturated heterocycles. The monoisotopic (exact) mass is 293 g/mol. The lowest BCUT2D eigenvalue weighted by Crippen LogP contribution is -2.40. The first-order valence-electron chi connectivity index (χ1n) is 8.21. The van der Waals surface area contributed by atoms with Crippen molar-refractivity contribution in [3.8, 4) is 0 Å². The van der Waals surface area contributed by atoms with Crippen molar-refractivity contribution in [3.63, 3.8) is 0 Å². The minimum Gasteiger partial charge on any atom is -0.274 e. The second kappa shape index (κ2) is 3.89. The Bertz CT molecular complexity index is 714. The zero-order valence-electron chi connectivity index (χ0n) is 12.8. The second-order valence-electron chi connectivity index (χ2n) is 7.44. The molecule has 22 heavy (non-hydrogen) atoms. The quantitative estimate of drug-likeness (QED) is 0.590. The highest BCUT2D eigenvalue weighted by atomic mass is 16.2. The van der Waals surface area contributed by atoms with Crippen LogP contribution in [0.2, 0.25) is 0 Å². The number of benzene rings is 1. The molecule has 3 heteroatoms. The average Bonchev–Trinajstić information content (AvgIpc) is 3.28. The maximum Gasteiger partial charge on any atom is 0.238 e. The van der Waals surface area contributed by atoms with Gasteiger partial charge in [-0.2, -0.15) is 0 Å². The Kier molecular flexibility index (Phi) is 2.23. The van der Waals surface area contributed by atoms with Gasteiger partial charge in [-0.25, -0.2) is 0 Å². The normalized spacial score (nSPS) is 40.9. The van der Waals surface area contributed by atoms with Gasteiger partial charge in [0.05, 0.1) is 17.5 Å². The largest absolute Gasteiger partial charge is 0.274 e. The first kappa shape index (κ1) is 12.6. The maximum absolute atomic E-state index is 13.0. The summed E-state index contributed by atoms with van der Waals surface area (Å²) in [6, 6.07) is 5.88. The molecule has 4 aliphatic carbocycles. The average molecular weight is 293 g/mol. The molecule has 6 atom stereocenters. The molecule has 112 valence electrons. The van der Waals surface area contributed by atoms with E-state index in [1.807, 2.05) is 32.0 Å². The highest BCUT2D eigenvalue weighted by molar-refractivity contribution is 6.22. The fourth-order valence-electron chi connectivity index (χ4n) is 5.08. The van der Waals surface area contributed by atoms with Gasteiger partial charge in [0.25, 0.3) is 0 Å². The first-order valence-corrected chi connectivity index (χ1v) is 8.21. The van der Waals surface area contributed by atoms with Gasteiger partial charge in [-0.1, -0.05) is 18.2 Å². The molecule has 0 radical (unpaired) electrons. The van der Waals surface area contributed by atoms with Gasteiger partial charge in [0.2, 0.25) is 11.8 Å². The Labute approximate surface area is 130 Å². The van der Waals surface area contributed by atoms with Crippen LogP contribution < -0.4 is 4.90 Å². The lowest BCUT2D eigenvalue weighted by Gasteiger charge is -2.37. The number of allylic oxidation sites excluding steroid dienone is 2. The van der Waals surface area contributed by atoms with Crippen LogP contribution in [0, 0.1) is 49.4 Å². The van der Waals surface area contributed by atoms with Crippen LogP contribution in [0.5, 0.6) is 0 Å². The zero-order chi connectivity index (χ0) is 15.2. The van der Waals surface area contributed by atoms with Crippen LogP contribution in [0.15, 0.2) is 30.4 Å². The van der Waals surface area contributed by atoms with Gasteiger partial charge in [-0.05, 0) is 67.2 Å². The van der Waals surface area contributed by atoms with Crippen molar-refractivity contribution in [2.75, 3.05) is 4.90 Å². The number of hydrogen-bond donors (Lipinski definition) is 0. The summed E-state index contributed by atoms with van der Waals surface area (Å²) in [6.45, 7) is 4.07. The molecule has 1 aromatic rings. The third kappa shape index (κ3) is 1.37. The van der Waals surface area contributed by atoms with E-state index in [2.05, 4.69) is 12.2 Å². The SMILES string of the molecule is Cc1ccc(N2C(=O)[C@@H]3[C@@H]4C=C[C@H]([C@H]5C[C@H]45)[C@@H]3C2=O)cc1C. The highest BCUT2D eigenvalue weighted by Crippen LogP contribution is 2.65. The number of anilines is 1. The predicted octanol–water partition coefficient (Wildman–Crippen LogP) is 2.86. The Morgan fingerprint density at radius 2 is 1.50 bits per heavy atom. The molecular formula is C19H19NO2. The van der Waals surface area contributed by atoms with Crippen molar-refractivity contribution >= 4 is 17.5 Å². The highest BCUT2D eigenvalue weighted by Gasteiger charge is 2.67. The minimum atomic E-state index is -0.104. The molecule has 1 aliphatic heterocycles. The van der Waals surface area contributed by atoms with Crippen molar-refractivity contribution in [2.24, 2.45) is 35.5 Å². The van der Waals surface area contributed by atoms with Gasteiger partial charge >= 0.3 is 0 Å². The van der Waals surface area contributed by atoms with Crippen molar-refractivity contribution in [2.45, 2.75) is 20.3 Å². The second-order valence-corrected chi connectivity index (χ2v) is 7.44. The first-order chi connectivity index (χ1) is 10.6. The minimum absolute atomic E-state index is 0.0305. The number of hydrogen-bond acceptors (Lipinski definition) is 2. The molecule has 1 heterocycles. The molecule has 0 spiro atoms. The Hall–Kier alpha value is -1.90.